The number of carbonyl (C=O) groups is 3. The quantitative estimate of drug-likeness (QED) is 0.0620. The standard InChI is InChI=1S/C33H39N7O5/c1-3-5-6-9-20-45-33(43)39-36-22-24-11-14-26(15-12-24)35-23-29-37-27-16-13-25(21-28(27)38-29)32(42)40(19-17-31(41)44-4-2)30-10-7-8-18-34-30/h7-8,10-16,18,21-22,35H,3-6,9,17,19-20,23H2,1-2H3,(H,37,38)(H,39,43). The second-order valence-corrected chi connectivity index (χ2v) is 10.2. The van der Waals surface area contributed by atoms with E-state index in [-0.39, 0.29) is 31.4 Å². The fraction of sp³-hybridized carbons (Fsp3) is 0.333. The second kappa shape index (κ2) is 17.1. The Kier molecular flexibility index (Phi) is 12.4. The number of imidazole rings is 1. The molecule has 0 aliphatic heterocycles. The molecule has 0 aliphatic carbocycles. The van der Waals surface area contributed by atoms with Gasteiger partial charge in [-0.25, -0.2) is 20.2 Å². The summed E-state index contributed by atoms with van der Waals surface area (Å²) < 4.78 is 10.1. The first-order chi connectivity index (χ1) is 22.0. The molecule has 4 rings (SSSR count). The number of hydrazone groups is 1. The Labute approximate surface area is 262 Å². The Bertz CT molecular complexity index is 1570. The molecule has 0 atom stereocenters. The van der Waals surface area contributed by atoms with Gasteiger partial charge >= 0.3 is 12.1 Å². The van der Waals surface area contributed by atoms with Gasteiger partial charge in [-0.1, -0.05) is 44.4 Å². The molecular formula is C33H39N7O5. The zero-order valence-electron chi connectivity index (χ0n) is 25.6. The van der Waals surface area contributed by atoms with Gasteiger partial charge in [-0.05, 0) is 61.4 Å². The van der Waals surface area contributed by atoms with Crippen LogP contribution in [-0.2, 0) is 20.8 Å². The fourth-order valence-electron chi connectivity index (χ4n) is 4.46. The number of nitrogens with zero attached hydrogens (tertiary/aromatic N) is 4. The van der Waals surface area contributed by atoms with Crippen molar-refractivity contribution in [1.82, 2.24) is 20.4 Å². The third-order valence-electron chi connectivity index (χ3n) is 6.76. The molecular weight excluding hydrogens is 574 g/mol. The number of nitrogens with one attached hydrogen (secondary N) is 3. The lowest BCUT2D eigenvalue weighted by Crippen LogP contribution is -2.34. The number of rotatable bonds is 16. The molecule has 3 N–H and O–H groups in total. The summed E-state index contributed by atoms with van der Waals surface area (Å²) >= 11 is 0. The second-order valence-electron chi connectivity index (χ2n) is 10.2. The molecule has 12 heteroatoms. The summed E-state index contributed by atoms with van der Waals surface area (Å²) in [5, 5.41) is 7.26. The van der Waals surface area contributed by atoms with E-state index in [0.29, 0.717) is 35.9 Å². The molecule has 2 heterocycles. The van der Waals surface area contributed by atoms with Crippen LogP contribution in [0.4, 0.5) is 16.3 Å². The number of hydrogen-bond acceptors (Lipinski definition) is 9. The summed E-state index contributed by atoms with van der Waals surface area (Å²) in [7, 11) is 0. The number of fused-ring (bicyclic) bond motifs is 1. The molecule has 12 nitrogen and oxygen atoms in total. The van der Waals surface area contributed by atoms with Gasteiger partial charge in [0.1, 0.15) is 11.6 Å². The van der Waals surface area contributed by atoms with Crippen molar-refractivity contribution in [3.8, 4) is 0 Å². The van der Waals surface area contributed by atoms with E-state index in [1.54, 1.807) is 55.7 Å². The van der Waals surface area contributed by atoms with E-state index in [2.05, 4.69) is 37.7 Å². The van der Waals surface area contributed by atoms with Gasteiger partial charge in [0.25, 0.3) is 5.91 Å². The predicted molar refractivity (Wildman–Crippen MR) is 173 cm³/mol. The molecule has 0 fully saturated rings. The highest BCUT2D eigenvalue weighted by Crippen LogP contribution is 2.20. The number of pyridine rings is 1. The van der Waals surface area contributed by atoms with E-state index in [1.807, 2.05) is 24.3 Å². The van der Waals surface area contributed by atoms with Gasteiger partial charge in [-0.2, -0.15) is 5.10 Å². The van der Waals surface area contributed by atoms with Gasteiger partial charge in [-0.3, -0.25) is 14.5 Å². The number of hydrogen-bond donors (Lipinski definition) is 3. The van der Waals surface area contributed by atoms with Crippen molar-refractivity contribution in [2.24, 2.45) is 5.10 Å². The number of H-pyrrole nitrogens is 1. The summed E-state index contributed by atoms with van der Waals surface area (Å²) in [5.41, 5.74) is 5.92. The monoisotopic (exact) mass is 613 g/mol. The van der Waals surface area contributed by atoms with Crippen LogP contribution in [0.15, 0.2) is 72.0 Å². The maximum absolute atomic E-state index is 13.5. The largest absolute Gasteiger partial charge is 0.466 e. The number of anilines is 2. The number of aromatic nitrogens is 3. The third-order valence-corrected chi connectivity index (χ3v) is 6.76. The number of amides is 2. The van der Waals surface area contributed by atoms with Crippen LogP contribution in [0.2, 0.25) is 0 Å². The van der Waals surface area contributed by atoms with Crippen LogP contribution >= 0.6 is 0 Å². The zero-order chi connectivity index (χ0) is 31.9. The molecule has 0 spiro atoms. The number of ether oxygens (including phenoxy) is 2. The highest BCUT2D eigenvalue weighted by atomic mass is 16.6. The number of benzene rings is 2. The van der Waals surface area contributed by atoms with Gasteiger partial charge in [-0.15, -0.1) is 0 Å². The van der Waals surface area contributed by atoms with Crippen LogP contribution in [-0.4, -0.2) is 58.9 Å². The summed E-state index contributed by atoms with van der Waals surface area (Å²) in [6.07, 6.45) is 6.78. The molecule has 45 heavy (non-hydrogen) atoms. The van der Waals surface area contributed by atoms with Crippen LogP contribution in [0, 0.1) is 0 Å². The van der Waals surface area contributed by atoms with Gasteiger partial charge in [0.05, 0.1) is 43.4 Å². The van der Waals surface area contributed by atoms with E-state index in [0.717, 1.165) is 42.5 Å². The Morgan fingerprint density at radius 1 is 1.00 bits per heavy atom. The van der Waals surface area contributed by atoms with Crippen molar-refractivity contribution in [2.75, 3.05) is 30.0 Å². The lowest BCUT2D eigenvalue weighted by Gasteiger charge is -2.21. The van der Waals surface area contributed by atoms with Crippen LogP contribution in [0.5, 0.6) is 0 Å². The number of carbonyl (C=O) groups excluding carboxylic acids is 3. The average molecular weight is 614 g/mol. The highest BCUT2D eigenvalue weighted by molar-refractivity contribution is 6.07. The van der Waals surface area contributed by atoms with Crippen molar-refractivity contribution in [3.05, 3.63) is 83.8 Å². The van der Waals surface area contributed by atoms with Crippen molar-refractivity contribution in [2.45, 2.75) is 52.5 Å². The molecule has 2 aromatic carbocycles. The molecule has 4 aromatic rings. The van der Waals surface area contributed by atoms with Gasteiger partial charge in [0.2, 0.25) is 0 Å². The van der Waals surface area contributed by atoms with E-state index in [9.17, 15) is 14.4 Å². The Morgan fingerprint density at radius 2 is 1.84 bits per heavy atom. The molecule has 0 unspecified atom stereocenters. The molecule has 0 aliphatic rings. The summed E-state index contributed by atoms with van der Waals surface area (Å²) in [5.74, 6) is 0.483. The van der Waals surface area contributed by atoms with Gasteiger partial charge < -0.3 is 19.8 Å². The Balaban J connectivity index is 1.32. The van der Waals surface area contributed by atoms with Crippen LogP contribution in [0.25, 0.3) is 11.0 Å². The fourth-order valence-corrected chi connectivity index (χ4v) is 4.46. The first kappa shape index (κ1) is 32.6. The Hall–Kier alpha value is -5.26. The molecule has 2 aromatic heterocycles. The third kappa shape index (κ3) is 10.2. The van der Waals surface area contributed by atoms with Crippen LogP contribution < -0.4 is 15.6 Å². The molecule has 0 radical (unpaired) electrons. The van der Waals surface area contributed by atoms with Crippen molar-refractivity contribution in [1.29, 1.82) is 0 Å². The van der Waals surface area contributed by atoms with Crippen molar-refractivity contribution >= 4 is 46.7 Å². The van der Waals surface area contributed by atoms with Crippen molar-refractivity contribution < 1.29 is 23.9 Å². The predicted octanol–water partition coefficient (Wildman–Crippen LogP) is 5.81. The number of aromatic amines is 1. The number of unbranched alkanes of at least 4 members (excludes halogenated alkanes) is 3. The van der Waals surface area contributed by atoms with E-state index >= 15 is 0 Å². The topological polar surface area (TPSA) is 151 Å². The number of esters is 1. The molecule has 0 saturated heterocycles. The first-order valence-electron chi connectivity index (χ1n) is 15.1. The molecule has 0 saturated carbocycles. The van der Waals surface area contributed by atoms with Crippen LogP contribution in [0.3, 0.4) is 0 Å². The van der Waals surface area contributed by atoms with Crippen LogP contribution in [0.1, 0.15) is 67.7 Å². The summed E-state index contributed by atoms with van der Waals surface area (Å²) in [4.78, 5) is 50.9. The maximum Gasteiger partial charge on any atom is 0.427 e. The maximum atomic E-state index is 13.5. The highest BCUT2D eigenvalue weighted by Gasteiger charge is 2.21. The van der Waals surface area contributed by atoms with E-state index in [4.69, 9.17) is 9.47 Å². The minimum atomic E-state index is -0.567. The normalized spacial score (nSPS) is 11.0. The van der Waals surface area contributed by atoms with E-state index in [1.165, 1.54) is 4.90 Å². The van der Waals surface area contributed by atoms with Gasteiger partial charge in [0.15, 0.2) is 0 Å². The van der Waals surface area contributed by atoms with E-state index < -0.39 is 6.09 Å². The summed E-state index contributed by atoms with van der Waals surface area (Å²) in [6.45, 7) is 5.10. The smallest absolute Gasteiger partial charge is 0.427 e. The lowest BCUT2D eigenvalue weighted by molar-refractivity contribution is -0.142. The minimum Gasteiger partial charge on any atom is -0.466 e. The lowest BCUT2D eigenvalue weighted by atomic mass is 10.1. The van der Waals surface area contributed by atoms with Crippen molar-refractivity contribution in [3.63, 3.8) is 0 Å². The minimum absolute atomic E-state index is 0.0524. The molecule has 0 bridgehead atoms. The molecule has 2 amide bonds. The van der Waals surface area contributed by atoms with Gasteiger partial charge in [0, 0.05) is 24.0 Å². The summed E-state index contributed by atoms with van der Waals surface area (Å²) in [6, 6.07) is 18.1. The Morgan fingerprint density at radius 3 is 2.60 bits per heavy atom. The zero-order valence-corrected chi connectivity index (χ0v) is 25.6. The first-order valence-corrected chi connectivity index (χ1v) is 15.1. The SMILES string of the molecule is CCCCCCOC(=O)NN=Cc1ccc(NCc2nc3ccc(C(=O)N(CCC(=O)OCC)c4ccccn4)cc3[nH]2)cc1. The molecule has 236 valence electrons. The average Bonchev–Trinajstić information content (AvgIpc) is 3.47.